The second-order valence-electron chi connectivity index (χ2n) is 4.84. The zero-order valence-electron chi connectivity index (χ0n) is 12.1. The summed E-state index contributed by atoms with van der Waals surface area (Å²) in [5.74, 6) is -0.357. The van der Waals surface area contributed by atoms with Crippen molar-refractivity contribution in [2.75, 3.05) is 0 Å². The lowest BCUT2D eigenvalue weighted by Gasteiger charge is -2.02. The molecule has 3 rings (SSSR count). The van der Waals surface area contributed by atoms with Crippen molar-refractivity contribution < 1.29 is 9.21 Å². The minimum atomic E-state index is -0.357. The quantitative estimate of drug-likeness (QED) is 0.373. The van der Waals surface area contributed by atoms with Gasteiger partial charge in [0.05, 0.1) is 22.7 Å². The fraction of sp³-hybridized carbons (Fsp3) is 0. The van der Waals surface area contributed by atoms with E-state index in [0.717, 1.165) is 3.57 Å². The predicted octanol–water partition coefficient (Wildman–Crippen LogP) is 3.81. The number of fused-ring (bicyclic) bond motifs is 1. The van der Waals surface area contributed by atoms with Gasteiger partial charge in [-0.3, -0.25) is 9.59 Å². The van der Waals surface area contributed by atoms with Crippen LogP contribution < -0.4 is 10.9 Å². The van der Waals surface area contributed by atoms with E-state index >= 15 is 0 Å². The Kier molecular flexibility index (Phi) is 4.96. The SMILES string of the molecule is O=C(NN=Cc1coc2ccc(Cl)cc2c1=O)c1ccccc1I. The molecule has 7 heteroatoms. The summed E-state index contributed by atoms with van der Waals surface area (Å²) in [6.45, 7) is 0. The Bertz CT molecular complexity index is 1010. The number of nitrogens with zero attached hydrogens (tertiary/aromatic N) is 1. The van der Waals surface area contributed by atoms with Crippen molar-refractivity contribution in [1.82, 2.24) is 5.43 Å². The minimum absolute atomic E-state index is 0.216. The van der Waals surface area contributed by atoms with Crippen molar-refractivity contribution in [2.24, 2.45) is 5.10 Å². The highest BCUT2D eigenvalue weighted by Gasteiger charge is 2.08. The minimum Gasteiger partial charge on any atom is -0.463 e. The Morgan fingerprint density at radius 1 is 1.25 bits per heavy atom. The molecule has 1 heterocycles. The Labute approximate surface area is 155 Å². The third-order valence-electron chi connectivity index (χ3n) is 3.25. The van der Waals surface area contributed by atoms with E-state index < -0.39 is 0 Å². The van der Waals surface area contributed by atoms with Gasteiger partial charge in [-0.15, -0.1) is 0 Å². The number of hydrogen-bond donors (Lipinski definition) is 1. The fourth-order valence-electron chi connectivity index (χ4n) is 2.07. The summed E-state index contributed by atoms with van der Waals surface area (Å²) in [5.41, 5.74) is 3.28. The maximum absolute atomic E-state index is 12.4. The largest absolute Gasteiger partial charge is 0.463 e. The van der Waals surface area contributed by atoms with Gasteiger partial charge in [-0.2, -0.15) is 5.10 Å². The van der Waals surface area contributed by atoms with Crippen LogP contribution in [0.5, 0.6) is 0 Å². The van der Waals surface area contributed by atoms with Gasteiger partial charge in [0, 0.05) is 8.59 Å². The van der Waals surface area contributed by atoms with Crippen LogP contribution in [0.3, 0.4) is 0 Å². The number of hydrogen-bond acceptors (Lipinski definition) is 4. The van der Waals surface area contributed by atoms with Crippen molar-refractivity contribution in [1.29, 1.82) is 0 Å². The average molecular weight is 453 g/mol. The van der Waals surface area contributed by atoms with Crippen molar-refractivity contribution in [3.63, 3.8) is 0 Å². The van der Waals surface area contributed by atoms with Crippen LogP contribution in [0, 0.1) is 3.57 Å². The summed E-state index contributed by atoms with van der Waals surface area (Å²) in [6.07, 6.45) is 2.54. The van der Waals surface area contributed by atoms with Gasteiger partial charge >= 0.3 is 0 Å². The highest BCUT2D eigenvalue weighted by molar-refractivity contribution is 14.1. The van der Waals surface area contributed by atoms with Crippen LogP contribution in [0.15, 0.2) is 63.0 Å². The van der Waals surface area contributed by atoms with Crippen molar-refractivity contribution in [2.45, 2.75) is 0 Å². The van der Waals surface area contributed by atoms with E-state index in [1.807, 2.05) is 12.1 Å². The maximum atomic E-state index is 12.4. The standard InChI is InChI=1S/C17H10ClIN2O3/c18-11-5-6-15-13(7-11)16(22)10(9-24-15)8-20-21-17(23)12-3-1-2-4-14(12)19/h1-9H,(H,21,23). The number of amides is 1. The molecule has 0 saturated heterocycles. The summed E-state index contributed by atoms with van der Waals surface area (Å²) in [7, 11) is 0. The molecule has 0 unspecified atom stereocenters. The zero-order chi connectivity index (χ0) is 17.1. The van der Waals surface area contributed by atoms with Gasteiger partial charge in [-0.25, -0.2) is 5.43 Å². The van der Waals surface area contributed by atoms with E-state index in [1.165, 1.54) is 18.5 Å². The van der Waals surface area contributed by atoms with Crippen molar-refractivity contribution in [3.8, 4) is 0 Å². The van der Waals surface area contributed by atoms with E-state index in [9.17, 15) is 9.59 Å². The molecule has 1 aromatic heterocycles. The highest BCUT2D eigenvalue weighted by atomic mass is 127. The average Bonchev–Trinajstić information content (AvgIpc) is 2.57. The number of carbonyl (C=O) groups excluding carboxylic acids is 1. The van der Waals surface area contributed by atoms with Crippen molar-refractivity contribution in [3.05, 3.63) is 78.7 Å². The van der Waals surface area contributed by atoms with E-state index in [4.69, 9.17) is 16.0 Å². The lowest BCUT2D eigenvalue weighted by molar-refractivity contribution is 0.0954. The van der Waals surface area contributed by atoms with Crippen LogP contribution in [0.1, 0.15) is 15.9 Å². The van der Waals surface area contributed by atoms with Crippen LogP contribution >= 0.6 is 34.2 Å². The van der Waals surface area contributed by atoms with E-state index in [-0.39, 0.29) is 16.9 Å². The first kappa shape index (κ1) is 16.7. The Hall–Kier alpha value is -2.19. The van der Waals surface area contributed by atoms with E-state index in [1.54, 1.807) is 24.3 Å². The highest BCUT2D eigenvalue weighted by Crippen LogP contribution is 2.16. The van der Waals surface area contributed by atoms with Crippen LogP contribution in [0.2, 0.25) is 5.02 Å². The monoisotopic (exact) mass is 452 g/mol. The topological polar surface area (TPSA) is 71.7 Å². The normalized spacial score (nSPS) is 11.1. The number of hydrazone groups is 1. The molecule has 0 aliphatic heterocycles. The molecule has 0 atom stereocenters. The second kappa shape index (κ2) is 7.14. The second-order valence-corrected chi connectivity index (χ2v) is 6.44. The molecular weight excluding hydrogens is 443 g/mol. The summed E-state index contributed by atoms with van der Waals surface area (Å²) in [5, 5.41) is 4.63. The van der Waals surface area contributed by atoms with Crippen LogP contribution in [-0.2, 0) is 0 Å². The molecule has 0 spiro atoms. The number of carbonyl (C=O) groups is 1. The third kappa shape index (κ3) is 3.49. The molecule has 0 fully saturated rings. The molecule has 0 aliphatic carbocycles. The summed E-state index contributed by atoms with van der Waals surface area (Å²) >= 11 is 7.97. The van der Waals surface area contributed by atoms with E-state index in [0.29, 0.717) is 21.6 Å². The number of halogens is 2. The van der Waals surface area contributed by atoms with Gasteiger partial charge in [-0.05, 0) is 52.9 Å². The third-order valence-corrected chi connectivity index (χ3v) is 4.43. The molecule has 24 heavy (non-hydrogen) atoms. The molecular formula is C17H10ClIN2O3. The first-order valence-corrected chi connectivity index (χ1v) is 8.31. The molecule has 1 amide bonds. The first-order chi connectivity index (χ1) is 11.6. The molecule has 0 bridgehead atoms. The smallest absolute Gasteiger partial charge is 0.272 e. The van der Waals surface area contributed by atoms with Gasteiger partial charge in [0.2, 0.25) is 5.43 Å². The predicted molar refractivity (Wildman–Crippen MR) is 102 cm³/mol. The number of rotatable bonds is 3. The molecule has 0 radical (unpaired) electrons. The Morgan fingerprint density at radius 2 is 2.04 bits per heavy atom. The van der Waals surface area contributed by atoms with Crippen LogP contribution in [0.25, 0.3) is 11.0 Å². The van der Waals surface area contributed by atoms with Gasteiger partial charge < -0.3 is 4.42 Å². The maximum Gasteiger partial charge on any atom is 0.272 e. The summed E-state index contributed by atoms with van der Waals surface area (Å²) in [4.78, 5) is 24.4. The van der Waals surface area contributed by atoms with E-state index in [2.05, 4.69) is 33.1 Å². The van der Waals surface area contributed by atoms with Crippen LogP contribution in [0.4, 0.5) is 0 Å². The fourth-order valence-corrected chi connectivity index (χ4v) is 2.88. The van der Waals surface area contributed by atoms with Gasteiger partial charge in [0.1, 0.15) is 11.8 Å². The molecule has 3 aromatic rings. The molecule has 2 aromatic carbocycles. The zero-order valence-corrected chi connectivity index (χ0v) is 15.0. The summed E-state index contributed by atoms with van der Waals surface area (Å²) in [6, 6.07) is 11.9. The lowest BCUT2D eigenvalue weighted by atomic mass is 10.2. The number of benzene rings is 2. The van der Waals surface area contributed by atoms with Gasteiger partial charge in [-0.1, -0.05) is 23.7 Å². The molecule has 5 nitrogen and oxygen atoms in total. The lowest BCUT2D eigenvalue weighted by Crippen LogP contribution is -2.19. The number of nitrogens with one attached hydrogen (secondary N) is 1. The Balaban J connectivity index is 1.84. The van der Waals surface area contributed by atoms with Crippen LogP contribution in [-0.4, -0.2) is 12.1 Å². The first-order valence-electron chi connectivity index (χ1n) is 6.85. The molecule has 120 valence electrons. The molecule has 0 saturated carbocycles. The molecule has 1 N–H and O–H groups in total. The Morgan fingerprint density at radius 3 is 2.83 bits per heavy atom. The summed E-state index contributed by atoms with van der Waals surface area (Å²) < 4.78 is 6.18. The molecule has 0 aliphatic rings. The van der Waals surface area contributed by atoms with Gasteiger partial charge in [0.15, 0.2) is 0 Å². The van der Waals surface area contributed by atoms with Crippen molar-refractivity contribution >= 4 is 57.3 Å². The van der Waals surface area contributed by atoms with Gasteiger partial charge in [0.25, 0.3) is 5.91 Å².